The molecule has 0 saturated heterocycles. The lowest BCUT2D eigenvalue weighted by atomic mass is 10.1. The average molecular weight is 259 g/mol. The maximum atomic E-state index is 5.35. The summed E-state index contributed by atoms with van der Waals surface area (Å²) in [5.74, 6) is 1.24. The zero-order valence-electron chi connectivity index (χ0n) is 13.6. The van der Waals surface area contributed by atoms with E-state index in [1.807, 2.05) is 13.8 Å². The van der Waals surface area contributed by atoms with Crippen LogP contribution in [0.1, 0.15) is 61.8 Å². The lowest BCUT2D eigenvalue weighted by Gasteiger charge is -2.08. The van der Waals surface area contributed by atoms with Crippen LogP contribution in [0.2, 0.25) is 0 Å². The predicted molar refractivity (Wildman–Crippen MR) is 80.1 cm³/mol. The van der Waals surface area contributed by atoms with Gasteiger partial charge in [-0.25, -0.2) is 0 Å². The minimum atomic E-state index is 0.194. The fourth-order valence-electron chi connectivity index (χ4n) is 0.818. The summed E-state index contributed by atoms with van der Waals surface area (Å²) in [5, 5.41) is 3.75. The largest absolute Gasteiger partial charge is 0.393 e. The molecule has 0 aromatic rings. The van der Waals surface area contributed by atoms with Crippen LogP contribution in [0.4, 0.5) is 0 Å². The van der Waals surface area contributed by atoms with E-state index >= 15 is 0 Å². The Morgan fingerprint density at radius 2 is 1.44 bits per heavy atom. The molecule has 0 bridgehead atoms. The van der Waals surface area contributed by atoms with Gasteiger partial charge in [-0.15, -0.1) is 0 Å². The van der Waals surface area contributed by atoms with Crippen molar-refractivity contribution < 1.29 is 9.57 Å². The van der Waals surface area contributed by atoms with Crippen molar-refractivity contribution in [3.05, 3.63) is 0 Å². The molecule has 0 aliphatic rings. The maximum Gasteiger partial charge on any atom is 0.121 e. The van der Waals surface area contributed by atoms with E-state index < -0.39 is 0 Å². The van der Waals surface area contributed by atoms with E-state index in [1.165, 1.54) is 6.42 Å². The summed E-state index contributed by atoms with van der Waals surface area (Å²) in [6.45, 7) is 17.5. The van der Waals surface area contributed by atoms with Crippen LogP contribution in [0.15, 0.2) is 5.16 Å². The first kappa shape index (κ1) is 19.8. The number of nitrogens with zero attached hydrogens (tertiary/aromatic N) is 1. The fraction of sp³-hybridized carbons (Fsp3) is 0.933. The molecule has 0 fully saturated rings. The van der Waals surface area contributed by atoms with Crippen molar-refractivity contribution in [1.29, 1.82) is 0 Å². The molecule has 0 atom stereocenters. The lowest BCUT2D eigenvalue weighted by molar-refractivity contribution is 0.0710. The van der Waals surface area contributed by atoms with Crippen molar-refractivity contribution in [2.75, 3.05) is 6.61 Å². The topological polar surface area (TPSA) is 30.8 Å². The molecule has 0 radical (unpaired) electrons. The van der Waals surface area contributed by atoms with Crippen LogP contribution in [0.3, 0.4) is 0 Å². The van der Waals surface area contributed by atoms with Crippen molar-refractivity contribution in [3.63, 3.8) is 0 Å². The molecule has 3 heteroatoms. The quantitative estimate of drug-likeness (QED) is 0.497. The second kappa shape index (κ2) is 12.9. The van der Waals surface area contributed by atoms with Gasteiger partial charge in [-0.2, -0.15) is 0 Å². The zero-order valence-corrected chi connectivity index (χ0v) is 13.6. The SMILES string of the molecule is CC(C)/C=N/OC(C)C.CC(C)CCOC(C)C. The van der Waals surface area contributed by atoms with Crippen molar-refractivity contribution >= 4 is 6.21 Å². The Morgan fingerprint density at radius 1 is 0.889 bits per heavy atom. The molecule has 0 heterocycles. The second-order valence-electron chi connectivity index (χ2n) is 5.75. The average Bonchev–Trinajstić information content (AvgIpc) is 2.15. The van der Waals surface area contributed by atoms with Gasteiger partial charge in [0, 0.05) is 12.8 Å². The molecule has 18 heavy (non-hydrogen) atoms. The Balaban J connectivity index is 0. The van der Waals surface area contributed by atoms with Crippen LogP contribution in [0, 0.1) is 11.8 Å². The van der Waals surface area contributed by atoms with E-state index in [2.05, 4.69) is 46.7 Å². The fourth-order valence-corrected chi connectivity index (χ4v) is 0.818. The summed E-state index contributed by atoms with van der Waals surface area (Å²) in [6.07, 6.45) is 3.56. The van der Waals surface area contributed by atoms with Gasteiger partial charge >= 0.3 is 0 Å². The lowest BCUT2D eigenvalue weighted by Crippen LogP contribution is -2.05. The van der Waals surface area contributed by atoms with Crippen LogP contribution >= 0.6 is 0 Å². The predicted octanol–water partition coefficient (Wildman–Crippen LogP) is 4.51. The Hall–Kier alpha value is -0.570. The molecule has 0 N–H and O–H groups in total. The first-order valence-electron chi connectivity index (χ1n) is 7.06. The van der Waals surface area contributed by atoms with Crippen LogP contribution in [0.5, 0.6) is 0 Å². The molecular weight excluding hydrogens is 226 g/mol. The van der Waals surface area contributed by atoms with Crippen molar-refractivity contribution in [3.8, 4) is 0 Å². The van der Waals surface area contributed by atoms with Gasteiger partial charge in [-0.05, 0) is 46.0 Å². The van der Waals surface area contributed by atoms with Gasteiger partial charge in [-0.1, -0.05) is 32.9 Å². The molecule has 3 nitrogen and oxygen atoms in total. The Kier molecular flexibility index (Phi) is 14.1. The molecule has 0 aromatic heterocycles. The van der Waals surface area contributed by atoms with Gasteiger partial charge in [-0.3, -0.25) is 0 Å². The molecule has 0 saturated carbocycles. The molecule has 0 unspecified atom stereocenters. The molecule has 110 valence electrons. The number of ether oxygens (including phenoxy) is 1. The van der Waals surface area contributed by atoms with Gasteiger partial charge in [0.25, 0.3) is 0 Å². The number of hydrogen-bond acceptors (Lipinski definition) is 3. The number of hydrogen-bond donors (Lipinski definition) is 0. The van der Waals surface area contributed by atoms with Gasteiger partial charge < -0.3 is 9.57 Å². The molecule has 0 aliphatic carbocycles. The molecule has 0 rings (SSSR count). The van der Waals surface area contributed by atoms with Gasteiger partial charge in [0.1, 0.15) is 6.10 Å². The first-order valence-corrected chi connectivity index (χ1v) is 7.06. The summed E-state index contributed by atoms with van der Waals surface area (Å²) in [6, 6.07) is 0. The van der Waals surface area contributed by atoms with E-state index in [1.54, 1.807) is 6.21 Å². The van der Waals surface area contributed by atoms with Crippen molar-refractivity contribution in [2.45, 2.75) is 74.0 Å². The summed E-state index contributed by atoms with van der Waals surface area (Å²) in [7, 11) is 0. The highest BCUT2D eigenvalue weighted by Crippen LogP contribution is 2.00. The normalized spacial score (nSPS) is 11.6. The zero-order chi connectivity index (χ0) is 14.6. The van der Waals surface area contributed by atoms with E-state index in [4.69, 9.17) is 9.57 Å². The van der Waals surface area contributed by atoms with Crippen molar-refractivity contribution in [2.24, 2.45) is 17.0 Å². The van der Waals surface area contributed by atoms with E-state index in [-0.39, 0.29) is 6.10 Å². The standard InChI is InChI=1S/C8H18O.C7H15NO/c1-7(2)5-6-9-8(3)4;1-6(2)5-8-9-7(3)4/h7-8H,5-6H2,1-4H3;5-7H,1-4H3/b;8-5+. The molecule has 0 amide bonds. The first-order chi connectivity index (χ1) is 8.25. The Bertz CT molecular complexity index is 179. The summed E-state index contributed by atoms with van der Waals surface area (Å²) in [5.41, 5.74) is 0. The smallest absolute Gasteiger partial charge is 0.121 e. The summed E-state index contributed by atoms with van der Waals surface area (Å²) in [4.78, 5) is 4.92. The highest BCUT2D eigenvalue weighted by atomic mass is 16.6. The van der Waals surface area contributed by atoms with Crippen LogP contribution in [-0.4, -0.2) is 25.0 Å². The number of rotatable bonds is 7. The highest BCUT2D eigenvalue weighted by molar-refractivity contribution is 5.58. The van der Waals surface area contributed by atoms with E-state index in [9.17, 15) is 0 Å². The second-order valence-corrected chi connectivity index (χ2v) is 5.75. The van der Waals surface area contributed by atoms with Gasteiger partial charge in [0.05, 0.1) is 6.10 Å². The Morgan fingerprint density at radius 3 is 1.78 bits per heavy atom. The van der Waals surface area contributed by atoms with E-state index in [0.29, 0.717) is 12.0 Å². The summed E-state index contributed by atoms with van der Waals surface area (Å²) >= 11 is 0. The monoisotopic (exact) mass is 259 g/mol. The molecule has 0 aliphatic heterocycles. The van der Waals surface area contributed by atoms with Gasteiger partial charge in [0.2, 0.25) is 0 Å². The van der Waals surface area contributed by atoms with Crippen LogP contribution in [-0.2, 0) is 9.57 Å². The molecule has 0 spiro atoms. The highest BCUT2D eigenvalue weighted by Gasteiger charge is 1.95. The summed E-state index contributed by atoms with van der Waals surface area (Å²) < 4.78 is 5.35. The molecular formula is C15H33NO2. The van der Waals surface area contributed by atoms with Crippen LogP contribution < -0.4 is 0 Å². The third kappa shape index (κ3) is 24.6. The Labute approximate surface area is 114 Å². The molecule has 0 aromatic carbocycles. The van der Waals surface area contributed by atoms with Gasteiger partial charge in [0.15, 0.2) is 0 Å². The minimum Gasteiger partial charge on any atom is -0.393 e. The third-order valence-electron chi connectivity index (χ3n) is 1.78. The van der Waals surface area contributed by atoms with E-state index in [0.717, 1.165) is 12.5 Å². The van der Waals surface area contributed by atoms with Crippen LogP contribution in [0.25, 0.3) is 0 Å². The number of oxime groups is 1. The third-order valence-corrected chi connectivity index (χ3v) is 1.78. The minimum absolute atomic E-state index is 0.194. The maximum absolute atomic E-state index is 5.35. The van der Waals surface area contributed by atoms with Crippen molar-refractivity contribution in [1.82, 2.24) is 0 Å².